The van der Waals surface area contributed by atoms with Crippen LogP contribution in [0.4, 0.5) is 0 Å². The summed E-state index contributed by atoms with van der Waals surface area (Å²) in [5, 5.41) is 9.21. The van der Waals surface area contributed by atoms with Gasteiger partial charge in [-0.1, -0.05) is 6.07 Å². The molecule has 1 aliphatic heterocycles. The first-order valence-corrected chi connectivity index (χ1v) is 8.54. The molecule has 1 aromatic rings. The molecular weight excluding hydrogens is 294 g/mol. The highest BCUT2D eigenvalue weighted by molar-refractivity contribution is 7.90. The van der Waals surface area contributed by atoms with Crippen LogP contribution < -0.4 is 0 Å². The van der Waals surface area contributed by atoms with Crippen LogP contribution in [-0.2, 0) is 14.6 Å². The van der Waals surface area contributed by atoms with Crippen LogP contribution in [-0.4, -0.2) is 48.6 Å². The number of hydrogen-bond donors (Lipinski definition) is 1. The number of likely N-dealkylation sites (tertiary alicyclic amines) is 1. The molecule has 2 aliphatic rings. The number of carbonyl (C=O) groups is 2. The number of carbonyl (C=O) groups excluding carboxylic acids is 1. The summed E-state index contributed by atoms with van der Waals surface area (Å²) in [6.07, 6.45) is 2.39. The minimum absolute atomic E-state index is 0.0134. The third-order valence-corrected chi connectivity index (χ3v) is 5.24. The van der Waals surface area contributed by atoms with Crippen molar-refractivity contribution in [2.75, 3.05) is 6.26 Å². The second-order valence-corrected chi connectivity index (χ2v) is 7.68. The molecule has 0 bridgehead atoms. The lowest BCUT2D eigenvalue weighted by molar-refractivity contribution is -0.141. The van der Waals surface area contributed by atoms with E-state index in [2.05, 4.69) is 0 Å². The summed E-state index contributed by atoms with van der Waals surface area (Å²) in [6.45, 7) is 0. The first-order valence-electron chi connectivity index (χ1n) is 6.64. The second kappa shape index (κ2) is 4.56. The summed E-state index contributed by atoms with van der Waals surface area (Å²) in [5.74, 6) is -1.14. The van der Waals surface area contributed by atoms with E-state index in [0.717, 1.165) is 12.7 Å². The summed E-state index contributed by atoms with van der Waals surface area (Å²) in [4.78, 5) is 25.3. The first kappa shape index (κ1) is 14.1. The largest absolute Gasteiger partial charge is 0.480 e. The lowest BCUT2D eigenvalue weighted by atomic mass is 10.1. The van der Waals surface area contributed by atoms with E-state index in [4.69, 9.17) is 0 Å². The van der Waals surface area contributed by atoms with Gasteiger partial charge in [-0.05, 0) is 37.0 Å². The number of carboxylic acid groups (broad SMARTS) is 1. The van der Waals surface area contributed by atoms with Crippen LogP contribution in [0.3, 0.4) is 0 Å². The van der Waals surface area contributed by atoms with Crippen LogP contribution in [0.5, 0.6) is 0 Å². The fourth-order valence-electron chi connectivity index (χ4n) is 2.98. The van der Waals surface area contributed by atoms with Crippen LogP contribution in [0.1, 0.15) is 23.2 Å². The molecule has 1 saturated carbocycles. The van der Waals surface area contributed by atoms with Gasteiger partial charge in [0.05, 0.1) is 4.90 Å². The molecule has 2 fully saturated rings. The number of amides is 1. The predicted octanol–water partition coefficient (Wildman–Crippen LogP) is 0.778. The van der Waals surface area contributed by atoms with Gasteiger partial charge >= 0.3 is 5.97 Å². The highest BCUT2D eigenvalue weighted by Crippen LogP contribution is 2.48. The summed E-state index contributed by atoms with van der Waals surface area (Å²) in [7, 11) is -3.40. The topological polar surface area (TPSA) is 91.8 Å². The van der Waals surface area contributed by atoms with Crippen LogP contribution in [0, 0.1) is 5.92 Å². The summed E-state index contributed by atoms with van der Waals surface area (Å²) in [5.41, 5.74) is 0.219. The van der Waals surface area contributed by atoms with Gasteiger partial charge in [-0.3, -0.25) is 4.79 Å². The summed E-state index contributed by atoms with van der Waals surface area (Å²) >= 11 is 0. The number of carboxylic acids is 1. The fraction of sp³-hybridized carbons (Fsp3) is 0.429. The van der Waals surface area contributed by atoms with Gasteiger partial charge in [0.15, 0.2) is 9.84 Å². The molecule has 0 unspecified atom stereocenters. The number of piperidine rings is 1. The summed E-state index contributed by atoms with van der Waals surface area (Å²) in [6, 6.07) is 4.94. The van der Waals surface area contributed by atoms with Crippen molar-refractivity contribution in [1.82, 2.24) is 4.90 Å². The average molecular weight is 309 g/mol. The second-order valence-electron chi connectivity index (χ2n) is 5.67. The van der Waals surface area contributed by atoms with Crippen molar-refractivity contribution in [2.45, 2.75) is 29.8 Å². The third kappa shape index (κ3) is 2.42. The quantitative estimate of drug-likeness (QED) is 0.890. The van der Waals surface area contributed by atoms with Gasteiger partial charge in [0.25, 0.3) is 5.91 Å². The normalized spacial score (nSPS) is 27.3. The first-order chi connectivity index (χ1) is 9.79. The maximum Gasteiger partial charge on any atom is 0.326 e. The number of benzene rings is 1. The Hall–Kier alpha value is -1.89. The van der Waals surface area contributed by atoms with Gasteiger partial charge in [0, 0.05) is 17.9 Å². The van der Waals surface area contributed by atoms with Crippen molar-refractivity contribution in [3.63, 3.8) is 0 Å². The van der Waals surface area contributed by atoms with Crippen molar-refractivity contribution >= 4 is 21.7 Å². The number of aliphatic carboxylic acids is 1. The van der Waals surface area contributed by atoms with E-state index in [0.29, 0.717) is 6.42 Å². The lowest BCUT2D eigenvalue weighted by Gasteiger charge is -2.24. The van der Waals surface area contributed by atoms with E-state index in [1.165, 1.54) is 29.2 Å². The van der Waals surface area contributed by atoms with Crippen LogP contribution in [0.15, 0.2) is 29.2 Å². The zero-order valence-electron chi connectivity index (χ0n) is 11.4. The molecule has 0 radical (unpaired) electrons. The lowest BCUT2D eigenvalue weighted by Crippen LogP contribution is -2.43. The average Bonchev–Trinajstić information content (AvgIpc) is 3.08. The minimum atomic E-state index is -3.40. The number of hydrogen-bond acceptors (Lipinski definition) is 4. The number of fused-ring (bicyclic) bond motifs is 1. The molecule has 112 valence electrons. The van der Waals surface area contributed by atoms with Gasteiger partial charge in [-0.15, -0.1) is 0 Å². The van der Waals surface area contributed by atoms with E-state index in [1.54, 1.807) is 0 Å². The van der Waals surface area contributed by atoms with Crippen molar-refractivity contribution in [3.05, 3.63) is 29.8 Å². The smallest absolute Gasteiger partial charge is 0.326 e. The Kier molecular flexibility index (Phi) is 3.05. The van der Waals surface area contributed by atoms with Crippen molar-refractivity contribution < 1.29 is 23.1 Å². The van der Waals surface area contributed by atoms with Gasteiger partial charge in [0.2, 0.25) is 0 Å². The van der Waals surface area contributed by atoms with E-state index >= 15 is 0 Å². The number of nitrogens with zero attached hydrogens (tertiary/aromatic N) is 1. The Labute approximate surface area is 122 Å². The fourth-order valence-corrected chi connectivity index (χ4v) is 3.64. The Balaban J connectivity index is 1.93. The Bertz CT molecular complexity index is 727. The molecule has 7 heteroatoms. The van der Waals surface area contributed by atoms with Gasteiger partial charge in [0.1, 0.15) is 6.04 Å². The molecule has 6 nitrogen and oxygen atoms in total. The molecule has 3 atom stereocenters. The zero-order chi connectivity index (χ0) is 15.4. The van der Waals surface area contributed by atoms with Gasteiger partial charge in [-0.25, -0.2) is 13.2 Å². The highest BCUT2D eigenvalue weighted by Gasteiger charge is 2.56. The molecule has 1 amide bonds. The van der Waals surface area contributed by atoms with Crippen LogP contribution in [0.25, 0.3) is 0 Å². The van der Waals surface area contributed by atoms with Crippen molar-refractivity contribution in [2.24, 2.45) is 5.92 Å². The molecule has 1 saturated heterocycles. The molecule has 1 aromatic carbocycles. The molecule has 1 aliphatic carbocycles. The highest BCUT2D eigenvalue weighted by atomic mass is 32.2. The van der Waals surface area contributed by atoms with Crippen LogP contribution in [0.2, 0.25) is 0 Å². The Morgan fingerprint density at radius 1 is 1.29 bits per heavy atom. The molecular formula is C14H15NO5S. The molecule has 0 spiro atoms. The van der Waals surface area contributed by atoms with Gasteiger partial charge in [-0.2, -0.15) is 0 Å². The Morgan fingerprint density at radius 2 is 2.00 bits per heavy atom. The van der Waals surface area contributed by atoms with E-state index in [1.807, 2.05) is 0 Å². The monoisotopic (exact) mass is 309 g/mol. The van der Waals surface area contributed by atoms with Crippen LogP contribution >= 0.6 is 0 Å². The molecule has 1 heterocycles. The maximum atomic E-state index is 12.5. The minimum Gasteiger partial charge on any atom is -0.480 e. The maximum absolute atomic E-state index is 12.5. The Morgan fingerprint density at radius 3 is 2.62 bits per heavy atom. The molecule has 0 aromatic heterocycles. The molecule has 3 rings (SSSR count). The number of sulfone groups is 1. The van der Waals surface area contributed by atoms with E-state index in [-0.39, 0.29) is 22.4 Å². The van der Waals surface area contributed by atoms with Gasteiger partial charge < -0.3 is 10.0 Å². The predicted molar refractivity (Wildman–Crippen MR) is 73.7 cm³/mol. The standard InChI is InChI=1S/C14H15NO5S/c1-21(19,20)10-4-2-3-8(5-10)13(16)15-11-6-9(11)7-12(15)14(17)18/h2-5,9,11-12H,6-7H2,1H3,(H,17,18)/t9-,11-,12-/m1/s1. The van der Waals surface area contributed by atoms with E-state index < -0.39 is 27.8 Å². The summed E-state index contributed by atoms with van der Waals surface area (Å²) < 4.78 is 23.1. The van der Waals surface area contributed by atoms with Crippen molar-refractivity contribution in [3.8, 4) is 0 Å². The SMILES string of the molecule is CS(=O)(=O)c1cccc(C(=O)N2[C@@H](C(=O)O)C[C@H]3C[C@H]32)c1. The number of rotatable bonds is 3. The molecule has 1 N–H and O–H groups in total. The van der Waals surface area contributed by atoms with Crippen molar-refractivity contribution in [1.29, 1.82) is 0 Å². The third-order valence-electron chi connectivity index (χ3n) is 4.13. The van der Waals surface area contributed by atoms with E-state index in [9.17, 15) is 23.1 Å². The molecule has 21 heavy (non-hydrogen) atoms. The zero-order valence-corrected chi connectivity index (χ0v) is 12.2.